The molecule has 2 atom stereocenters. The SMILES string of the molecule is CC(C)C1CC[C@@H](c2cccc(F)c2)N1. The third-order valence-corrected chi connectivity index (χ3v) is 3.24. The topological polar surface area (TPSA) is 12.0 Å². The second kappa shape index (κ2) is 4.31. The van der Waals surface area contributed by atoms with Crippen LogP contribution in [0.15, 0.2) is 24.3 Å². The van der Waals surface area contributed by atoms with E-state index in [1.807, 2.05) is 6.07 Å². The number of halogens is 1. The van der Waals surface area contributed by atoms with Crippen LogP contribution in [0.25, 0.3) is 0 Å². The first-order chi connectivity index (χ1) is 7.16. The Hall–Kier alpha value is -0.890. The van der Waals surface area contributed by atoms with Gasteiger partial charge in [-0.15, -0.1) is 0 Å². The van der Waals surface area contributed by atoms with Gasteiger partial charge >= 0.3 is 0 Å². The largest absolute Gasteiger partial charge is 0.307 e. The molecule has 1 saturated heterocycles. The van der Waals surface area contributed by atoms with Crippen LogP contribution in [0.3, 0.4) is 0 Å². The average Bonchev–Trinajstić information content (AvgIpc) is 2.66. The van der Waals surface area contributed by atoms with E-state index in [1.54, 1.807) is 12.1 Å². The molecule has 1 N–H and O–H groups in total. The third kappa shape index (κ3) is 2.37. The van der Waals surface area contributed by atoms with Gasteiger partial charge in [0.2, 0.25) is 0 Å². The molecule has 1 aromatic rings. The van der Waals surface area contributed by atoms with Gasteiger partial charge in [-0.05, 0) is 36.5 Å². The van der Waals surface area contributed by atoms with Crippen LogP contribution in [0, 0.1) is 11.7 Å². The van der Waals surface area contributed by atoms with Gasteiger partial charge in [-0.25, -0.2) is 4.39 Å². The van der Waals surface area contributed by atoms with Gasteiger partial charge in [0.25, 0.3) is 0 Å². The standard InChI is InChI=1S/C13H18FN/c1-9(2)12-6-7-13(15-12)10-4-3-5-11(14)8-10/h3-5,8-9,12-13,15H,6-7H2,1-2H3/t12?,13-/m0/s1. The Balaban J connectivity index is 2.08. The summed E-state index contributed by atoms with van der Waals surface area (Å²) in [7, 11) is 0. The van der Waals surface area contributed by atoms with Crippen LogP contribution in [0.2, 0.25) is 0 Å². The third-order valence-electron chi connectivity index (χ3n) is 3.24. The molecule has 2 heteroatoms. The monoisotopic (exact) mass is 207 g/mol. The highest BCUT2D eigenvalue weighted by atomic mass is 19.1. The number of rotatable bonds is 2. The van der Waals surface area contributed by atoms with Crippen LogP contribution in [-0.2, 0) is 0 Å². The molecule has 1 nitrogen and oxygen atoms in total. The molecule has 1 heterocycles. The molecular formula is C13H18FN. The molecular weight excluding hydrogens is 189 g/mol. The molecule has 1 fully saturated rings. The van der Waals surface area contributed by atoms with E-state index in [0.29, 0.717) is 18.0 Å². The smallest absolute Gasteiger partial charge is 0.123 e. The quantitative estimate of drug-likeness (QED) is 0.784. The van der Waals surface area contributed by atoms with Crippen molar-refractivity contribution in [2.24, 2.45) is 5.92 Å². The average molecular weight is 207 g/mol. The summed E-state index contributed by atoms with van der Waals surface area (Å²) < 4.78 is 13.0. The fourth-order valence-electron chi connectivity index (χ4n) is 2.28. The number of hydrogen-bond acceptors (Lipinski definition) is 1. The van der Waals surface area contributed by atoms with E-state index in [-0.39, 0.29) is 5.82 Å². The zero-order chi connectivity index (χ0) is 10.8. The molecule has 0 spiro atoms. The van der Waals surface area contributed by atoms with Crippen molar-refractivity contribution in [3.63, 3.8) is 0 Å². The van der Waals surface area contributed by atoms with Crippen molar-refractivity contribution >= 4 is 0 Å². The highest BCUT2D eigenvalue weighted by molar-refractivity contribution is 5.21. The van der Waals surface area contributed by atoms with E-state index in [0.717, 1.165) is 12.0 Å². The molecule has 0 amide bonds. The van der Waals surface area contributed by atoms with Crippen LogP contribution in [-0.4, -0.2) is 6.04 Å². The van der Waals surface area contributed by atoms with E-state index in [1.165, 1.54) is 12.5 Å². The summed E-state index contributed by atoms with van der Waals surface area (Å²) in [4.78, 5) is 0. The second-order valence-electron chi connectivity index (χ2n) is 4.70. The lowest BCUT2D eigenvalue weighted by atomic mass is 10.0. The molecule has 1 unspecified atom stereocenters. The number of nitrogens with one attached hydrogen (secondary N) is 1. The van der Waals surface area contributed by atoms with Gasteiger partial charge in [0.1, 0.15) is 5.82 Å². The predicted octanol–water partition coefficient (Wildman–Crippen LogP) is 3.27. The van der Waals surface area contributed by atoms with E-state index < -0.39 is 0 Å². The van der Waals surface area contributed by atoms with Crippen LogP contribution < -0.4 is 5.32 Å². The lowest BCUT2D eigenvalue weighted by Gasteiger charge is -2.17. The van der Waals surface area contributed by atoms with Gasteiger partial charge in [0, 0.05) is 12.1 Å². The molecule has 1 aliphatic rings. The van der Waals surface area contributed by atoms with Crippen LogP contribution in [0.5, 0.6) is 0 Å². The summed E-state index contributed by atoms with van der Waals surface area (Å²) in [5.41, 5.74) is 1.08. The van der Waals surface area contributed by atoms with Crippen molar-refractivity contribution in [1.29, 1.82) is 0 Å². The zero-order valence-corrected chi connectivity index (χ0v) is 9.33. The van der Waals surface area contributed by atoms with Crippen molar-refractivity contribution in [2.45, 2.75) is 38.8 Å². The maximum atomic E-state index is 13.0. The Morgan fingerprint density at radius 3 is 2.73 bits per heavy atom. The summed E-state index contributed by atoms with van der Waals surface area (Å²) in [5, 5.41) is 3.57. The molecule has 2 rings (SSSR count). The molecule has 0 saturated carbocycles. The molecule has 82 valence electrons. The molecule has 0 radical (unpaired) electrons. The molecule has 1 aliphatic heterocycles. The molecule has 0 bridgehead atoms. The maximum absolute atomic E-state index is 13.0. The zero-order valence-electron chi connectivity index (χ0n) is 9.33. The van der Waals surface area contributed by atoms with Crippen molar-refractivity contribution in [3.8, 4) is 0 Å². The number of hydrogen-bond donors (Lipinski definition) is 1. The molecule has 0 aliphatic carbocycles. The van der Waals surface area contributed by atoms with Crippen molar-refractivity contribution < 1.29 is 4.39 Å². The van der Waals surface area contributed by atoms with Gasteiger partial charge in [-0.1, -0.05) is 26.0 Å². The summed E-state index contributed by atoms with van der Waals surface area (Å²) in [5.74, 6) is 0.519. The highest BCUT2D eigenvalue weighted by Crippen LogP contribution is 2.29. The first-order valence-corrected chi connectivity index (χ1v) is 5.68. The Bertz CT molecular complexity index is 335. The first-order valence-electron chi connectivity index (χ1n) is 5.68. The van der Waals surface area contributed by atoms with Crippen molar-refractivity contribution in [1.82, 2.24) is 5.32 Å². The van der Waals surface area contributed by atoms with Crippen molar-refractivity contribution in [3.05, 3.63) is 35.6 Å². The van der Waals surface area contributed by atoms with Gasteiger partial charge < -0.3 is 5.32 Å². The highest BCUT2D eigenvalue weighted by Gasteiger charge is 2.26. The fourth-order valence-corrected chi connectivity index (χ4v) is 2.28. The molecule has 15 heavy (non-hydrogen) atoms. The van der Waals surface area contributed by atoms with Gasteiger partial charge in [0.05, 0.1) is 0 Å². The van der Waals surface area contributed by atoms with Gasteiger partial charge in [0.15, 0.2) is 0 Å². The number of benzene rings is 1. The fraction of sp³-hybridized carbons (Fsp3) is 0.538. The minimum Gasteiger partial charge on any atom is -0.307 e. The Morgan fingerprint density at radius 2 is 2.13 bits per heavy atom. The second-order valence-corrected chi connectivity index (χ2v) is 4.70. The van der Waals surface area contributed by atoms with Crippen LogP contribution >= 0.6 is 0 Å². The summed E-state index contributed by atoms with van der Waals surface area (Å²) in [6.45, 7) is 4.46. The van der Waals surface area contributed by atoms with Crippen LogP contribution in [0.4, 0.5) is 4.39 Å². The van der Waals surface area contributed by atoms with Crippen LogP contribution in [0.1, 0.15) is 38.3 Å². The molecule has 0 aromatic heterocycles. The minimum atomic E-state index is -0.137. The Morgan fingerprint density at radius 1 is 1.33 bits per heavy atom. The molecule has 1 aromatic carbocycles. The lowest BCUT2D eigenvalue weighted by Crippen LogP contribution is -2.28. The predicted molar refractivity (Wildman–Crippen MR) is 60.1 cm³/mol. The van der Waals surface area contributed by atoms with E-state index in [2.05, 4.69) is 19.2 Å². The van der Waals surface area contributed by atoms with E-state index in [9.17, 15) is 4.39 Å². The Kier molecular flexibility index (Phi) is 3.06. The maximum Gasteiger partial charge on any atom is 0.123 e. The van der Waals surface area contributed by atoms with E-state index in [4.69, 9.17) is 0 Å². The summed E-state index contributed by atoms with van der Waals surface area (Å²) in [6.07, 6.45) is 2.31. The lowest BCUT2D eigenvalue weighted by molar-refractivity contribution is 0.432. The Labute approximate surface area is 90.7 Å². The van der Waals surface area contributed by atoms with E-state index >= 15 is 0 Å². The summed E-state index contributed by atoms with van der Waals surface area (Å²) >= 11 is 0. The summed E-state index contributed by atoms with van der Waals surface area (Å²) in [6, 6.07) is 7.85. The first kappa shape index (κ1) is 10.6. The van der Waals surface area contributed by atoms with Gasteiger partial charge in [-0.2, -0.15) is 0 Å². The normalized spacial score (nSPS) is 26.1. The van der Waals surface area contributed by atoms with Gasteiger partial charge in [-0.3, -0.25) is 0 Å². The minimum absolute atomic E-state index is 0.137. The van der Waals surface area contributed by atoms with Crippen molar-refractivity contribution in [2.75, 3.05) is 0 Å².